The lowest BCUT2D eigenvalue weighted by Crippen LogP contribution is -2.20. The van der Waals surface area contributed by atoms with Crippen molar-refractivity contribution in [1.29, 1.82) is 0 Å². The lowest BCUT2D eigenvalue weighted by Gasteiger charge is -2.14. The third-order valence-corrected chi connectivity index (χ3v) is 3.90. The standard InChI is InChI=1S/C15H13ClN2O2/c16-13-6-3-7-14(18(19)20)15(13)17-12-8-10-4-1-2-5-11(10)9-12/h1-7,12,17H,8-9H2. The maximum absolute atomic E-state index is 11.1. The van der Waals surface area contributed by atoms with E-state index < -0.39 is 4.92 Å². The number of fused-ring (bicyclic) bond motifs is 1. The first kappa shape index (κ1) is 12.9. The van der Waals surface area contributed by atoms with Crippen LogP contribution in [0, 0.1) is 10.1 Å². The molecule has 0 saturated carbocycles. The van der Waals surface area contributed by atoms with Gasteiger partial charge < -0.3 is 5.32 Å². The van der Waals surface area contributed by atoms with Crippen LogP contribution in [0.25, 0.3) is 0 Å². The summed E-state index contributed by atoms with van der Waals surface area (Å²) in [7, 11) is 0. The molecule has 0 saturated heterocycles. The second kappa shape index (κ2) is 5.13. The van der Waals surface area contributed by atoms with Crippen LogP contribution in [0.1, 0.15) is 11.1 Å². The van der Waals surface area contributed by atoms with Gasteiger partial charge in [0, 0.05) is 12.1 Å². The van der Waals surface area contributed by atoms with Crippen molar-refractivity contribution >= 4 is 23.0 Å². The molecule has 1 aliphatic rings. The van der Waals surface area contributed by atoms with Gasteiger partial charge in [0.2, 0.25) is 0 Å². The van der Waals surface area contributed by atoms with E-state index in [9.17, 15) is 10.1 Å². The van der Waals surface area contributed by atoms with E-state index >= 15 is 0 Å². The van der Waals surface area contributed by atoms with Crippen LogP contribution < -0.4 is 5.32 Å². The van der Waals surface area contributed by atoms with Gasteiger partial charge in [0.25, 0.3) is 5.69 Å². The van der Waals surface area contributed by atoms with Gasteiger partial charge in [-0.1, -0.05) is 41.9 Å². The molecule has 0 bridgehead atoms. The van der Waals surface area contributed by atoms with Gasteiger partial charge in [-0.25, -0.2) is 0 Å². The van der Waals surface area contributed by atoms with Crippen LogP contribution >= 0.6 is 11.6 Å². The molecule has 1 aliphatic carbocycles. The Labute approximate surface area is 121 Å². The second-order valence-corrected chi connectivity index (χ2v) is 5.32. The number of benzene rings is 2. The number of rotatable bonds is 3. The van der Waals surface area contributed by atoms with Crippen LogP contribution in [0.3, 0.4) is 0 Å². The summed E-state index contributed by atoms with van der Waals surface area (Å²) in [5.74, 6) is 0. The Balaban J connectivity index is 1.85. The molecule has 102 valence electrons. The van der Waals surface area contributed by atoms with E-state index in [0.717, 1.165) is 12.8 Å². The summed E-state index contributed by atoms with van der Waals surface area (Å²) in [5.41, 5.74) is 3.02. The first-order chi connectivity index (χ1) is 9.65. The lowest BCUT2D eigenvalue weighted by atomic mass is 10.1. The highest BCUT2D eigenvalue weighted by atomic mass is 35.5. The molecule has 20 heavy (non-hydrogen) atoms. The quantitative estimate of drug-likeness (QED) is 0.690. The Bertz CT molecular complexity index is 648. The molecular weight excluding hydrogens is 276 g/mol. The highest BCUT2D eigenvalue weighted by molar-refractivity contribution is 6.33. The van der Waals surface area contributed by atoms with Gasteiger partial charge in [-0.3, -0.25) is 10.1 Å². The molecule has 0 amide bonds. The Morgan fingerprint density at radius 1 is 1.10 bits per heavy atom. The van der Waals surface area contributed by atoms with Gasteiger partial charge in [0.05, 0.1) is 9.95 Å². The zero-order chi connectivity index (χ0) is 14.1. The Morgan fingerprint density at radius 2 is 1.75 bits per heavy atom. The van der Waals surface area contributed by atoms with Crippen molar-refractivity contribution in [3.8, 4) is 0 Å². The predicted octanol–water partition coefficient (Wildman–Crippen LogP) is 3.83. The number of nitro groups is 1. The molecule has 1 N–H and O–H groups in total. The lowest BCUT2D eigenvalue weighted by molar-refractivity contribution is -0.384. The summed E-state index contributed by atoms with van der Waals surface area (Å²) in [5, 5.41) is 14.7. The molecule has 0 unspecified atom stereocenters. The molecule has 4 nitrogen and oxygen atoms in total. The minimum absolute atomic E-state index is 0.0217. The fraction of sp³-hybridized carbons (Fsp3) is 0.200. The van der Waals surface area contributed by atoms with Crippen LogP contribution in [0.2, 0.25) is 5.02 Å². The first-order valence-electron chi connectivity index (χ1n) is 6.41. The van der Waals surface area contributed by atoms with Crippen LogP contribution in [0.4, 0.5) is 11.4 Å². The minimum Gasteiger partial charge on any atom is -0.375 e. The maximum Gasteiger partial charge on any atom is 0.293 e. The summed E-state index contributed by atoms with van der Waals surface area (Å²) in [6, 6.07) is 13.1. The number of nitrogens with zero attached hydrogens (tertiary/aromatic N) is 1. The molecule has 0 atom stereocenters. The van der Waals surface area contributed by atoms with Gasteiger partial charge in [0.15, 0.2) is 0 Å². The van der Waals surface area contributed by atoms with E-state index in [1.807, 2.05) is 12.1 Å². The van der Waals surface area contributed by atoms with Crippen molar-refractivity contribution in [2.75, 3.05) is 5.32 Å². The normalized spacial score (nSPS) is 14.1. The van der Waals surface area contributed by atoms with Crippen LogP contribution in [0.15, 0.2) is 42.5 Å². The van der Waals surface area contributed by atoms with Gasteiger partial charge >= 0.3 is 0 Å². The molecule has 2 aromatic rings. The first-order valence-corrected chi connectivity index (χ1v) is 6.79. The third kappa shape index (κ3) is 2.34. The summed E-state index contributed by atoms with van der Waals surface area (Å²) < 4.78 is 0. The van der Waals surface area contributed by atoms with Gasteiger partial charge in [-0.15, -0.1) is 0 Å². The van der Waals surface area contributed by atoms with E-state index in [0.29, 0.717) is 10.7 Å². The summed E-state index contributed by atoms with van der Waals surface area (Å²) in [6.45, 7) is 0. The molecular formula is C15H13ClN2O2. The summed E-state index contributed by atoms with van der Waals surface area (Å²) >= 11 is 6.10. The molecule has 3 rings (SSSR count). The summed E-state index contributed by atoms with van der Waals surface area (Å²) in [6.07, 6.45) is 1.72. The van der Waals surface area contributed by atoms with Gasteiger partial charge in [0.1, 0.15) is 5.69 Å². The van der Waals surface area contributed by atoms with Crippen LogP contribution in [-0.2, 0) is 12.8 Å². The topological polar surface area (TPSA) is 55.2 Å². The average Bonchev–Trinajstić information content (AvgIpc) is 2.83. The van der Waals surface area contributed by atoms with Crippen LogP contribution in [-0.4, -0.2) is 11.0 Å². The van der Waals surface area contributed by atoms with Crippen LogP contribution in [0.5, 0.6) is 0 Å². The third-order valence-electron chi connectivity index (χ3n) is 3.59. The Hall–Kier alpha value is -2.07. The highest BCUT2D eigenvalue weighted by Gasteiger charge is 2.24. The monoisotopic (exact) mass is 288 g/mol. The van der Waals surface area contributed by atoms with Crippen molar-refractivity contribution in [2.45, 2.75) is 18.9 Å². The van der Waals surface area contributed by atoms with Crippen molar-refractivity contribution in [3.05, 3.63) is 68.7 Å². The van der Waals surface area contributed by atoms with Gasteiger partial charge in [-0.05, 0) is 30.0 Å². The van der Waals surface area contributed by atoms with Gasteiger partial charge in [-0.2, -0.15) is 0 Å². The number of halogens is 1. The molecule has 0 aromatic heterocycles. The maximum atomic E-state index is 11.1. The van der Waals surface area contributed by atoms with Crippen molar-refractivity contribution in [1.82, 2.24) is 0 Å². The zero-order valence-electron chi connectivity index (χ0n) is 10.7. The Morgan fingerprint density at radius 3 is 2.35 bits per heavy atom. The van der Waals surface area contributed by atoms with Crippen molar-refractivity contribution in [2.24, 2.45) is 0 Å². The smallest absolute Gasteiger partial charge is 0.293 e. The van der Waals surface area contributed by atoms with E-state index in [1.54, 1.807) is 12.1 Å². The molecule has 2 aromatic carbocycles. The molecule has 5 heteroatoms. The largest absolute Gasteiger partial charge is 0.375 e. The molecule has 0 radical (unpaired) electrons. The molecule has 0 aliphatic heterocycles. The SMILES string of the molecule is O=[N+]([O-])c1cccc(Cl)c1NC1Cc2ccccc2C1. The van der Waals surface area contributed by atoms with E-state index in [2.05, 4.69) is 17.4 Å². The second-order valence-electron chi connectivity index (χ2n) is 4.91. The number of nitrogens with one attached hydrogen (secondary N) is 1. The summed E-state index contributed by atoms with van der Waals surface area (Å²) in [4.78, 5) is 10.7. The molecule has 0 fully saturated rings. The van der Waals surface area contributed by atoms with E-state index in [4.69, 9.17) is 11.6 Å². The number of hydrogen-bond donors (Lipinski definition) is 1. The van der Waals surface area contributed by atoms with E-state index in [-0.39, 0.29) is 11.7 Å². The zero-order valence-corrected chi connectivity index (χ0v) is 11.4. The number of anilines is 1. The fourth-order valence-corrected chi connectivity index (χ4v) is 2.90. The Kier molecular flexibility index (Phi) is 3.32. The number of hydrogen-bond acceptors (Lipinski definition) is 3. The number of para-hydroxylation sites is 1. The van der Waals surface area contributed by atoms with Crippen molar-refractivity contribution in [3.63, 3.8) is 0 Å². The number of nitro benzene ring substituents is 1. The highest BCUT2D eigenvalue weighted by Crippen LogP contribution is 2.34. The molecule has 0 heterocycles. The average molecular weight is 289 g/mol. The molecule has 0 spiro atoms. The minimum atomic E-state index is -0.406. The fourth-order valence-electron chi connectivity index (χ4n) is 2.67. The predicted molar refractivity (Wildman–Crippen MR) is 79.4 cm³/mol. The van der Waals surface area contributed by atoms with Crippen molar-refractivity contribution < 1.29 is 4.92 Å². The van der Waals surface area contributed by atoms with E-state index in [1.165, 1.54) is 17.2 Å².